The van der Waals surface area contributed by atoms with Crippen molar-refractivity contribution < 1.29 is 18.8 Å². The molecular weight excluding hydrogens is 309 g/mol. The molecule has 1 aliphatic carbocycles. The summed E-state index contributed by atoms with van der Waals surface area (Å²) in [5.74, 6) is 0.515. The minimum Gasteiger partial charge on any atom is -0.497 e. The van der Waals surface area contributed by atoms with Gasteiger partial charge in [-0.1, -0.05) is 17.3 Å². The number of ether oxygens (including phenoxy) is 1. The van der Waals surface area contributed by atoms with Gasteiger partial charge in [-0.3, -0.25) is 0 Å². The summed E-state index contributed by atoms with van der Waals surface area (Å²) in [7, 11) is 1.64. The monoisotopic (exact) mass is 327 g/mol. The molecule has 5 heteroatoms. The molecule has 3 rings (SSSR count). The molecule has 24 heavy (non-hydrogen) atoms. The summed E-state index contributed by atoms with van der Waals surface area (Å²) >= 11 is 0. The number of carbonyl (C=O) groups is 1. The summed E-state index contributed by atoms with van der Waals surface area (Å²) in [6, 6.07) is 13.1. The molecule has 0 aromatic heterocycles. The van der Waals surface area contributed by atoms with Gasteiger partial charge in [-0.05, 0) is 61.2 Å². The molecule has 0 saturated heterocycles. The highest BCUT2D eigenvalue weighted by Gasteiger charge is 2.40. The average molecular weight is 327 g/mol. The van der Waals surface area contributed by atoms with Gasteiger partial charge in [-0.15, -0.1) is 0 Å². The molecule has 0 N–H and O–H groups in total. The summed E-state index contributed by atoms with van der Waals surface area (Å²) in [6.07, 6.45) is 0.982. The van der Waals surface area contributed by atoms with Crippen LogP contribution >= 0.6 is 0 Å². The van der Waals surface area contributed by atoms with Gasteiger partial charge < -0.3 is 9.57 Å². The summed E-state index contributed by atoms with van der Waals surface area (Å²) in [5, 5.41) is 3.94. The zero-order chi connectivity index (χ0) is 17.1. The van der Waals surface area contributed by atoms with Crippen LogP contribution in [0, 0.1) is 11.7 Å². The molecule has 2 aromatic rings. The topological polar surface area (TPSA) is 47.9 Å². The predicted octanol–water partition coefficient (Wildman–Crippen LogP) is 4.17. The first kappa shape index (κ1) is 16.2. The van der Waals surface area contributed by atoms with E-state index in [4.69, 9.17) is 9.57 Å². The van der Waals surface area contributed by atoms with E-state index in [1.165, 1.54) is 29.8 Å². The van der Waals surface area contributed by atoms with Crippen molar-refractivity contribution in [2.75, 3.05) is 7.11 Å². The van der Waals surface area contributed by atoms with E-state index in [1.54, 1.807) is 7.11 Å². The van der Waals surface area contributed by atoms with Crippen molar-refractivity contribution in [3.63, 3.8) is 0 Å². The number of carbonyl (C=O) groups excluding carboxylic acids is 1. The van der Waals surface area contributed by atoms with Gasteiger partial charge in [0.05, 0.1) is 18.4 Å². The van der Waals surface area contributed by atoms with Crippen molar-refractivity contribution >= 4 is 11.7 Å². The molecule has 0 radical (unpaired) electrons. The van der Waals surface area contributed by atoms with Gasteiger partial charge in [0.25, 0.3) is 0 Å². The number of halogens is 1. The third kappa shape index (κ3) is 3.62. The molecule has 0 unspecified atom stereocenters. The highest BCUT2D eigenvalue weighted by atomic mass is 19.1. The van der Waals surface area contributed by atoms with Crippen molar-refractivity contribution in [1.29, 1.82) is 0 Å². The zero-order valence-electron chi connectivity index (χ0n) is 13.5. The van der Waals surface area contributed by atoms with Crippen LogP contribution in [0.5, 0.6) is 5.75 Å². The Morgan fingerprint density at radius 2 is 1.79 bits per heavy atom. The minimum absolute atomic E-state index is 0.274. The first-order valence-corrected chi connectivity index (χ1v) is 7.74. The highest BCUT2D eigenvalue weighted by molar-refractivity contribution is 5.91. The predicted molar refractivity (Wildman–Crippen MR) is 88.8 cm³/mol. The van der Waals surface area contributed by atoms with E-state index in [2.05, 4.69) is 5.16 Å². The van der Waals surface area contributed by atoms with Crippen LogP contribution in [0.3, 0.4) is 0 Å². The number of rotatable bonds is 5. The summed E-state index contributed by atoms with van der Waals surface area (Å²) < 4.78 is 18.0. The standard InChI is InChI=1S/C19H18FNO3/c1-12(21-24-19(22)14-3-7-15(20)8-4-14)17-11-18(17)13-5-9-16(23-2)10-6-13/h3-10,17-18H,11H2,1-2H3/t17-,18+/m0/s1. The highest BCUT2D eigenvalue weighted by Crippen LogP contribution is 2.48. The largest absolute Gasteiger partial charge is 0.497 e. The maximum absolute atomic E-state index is 12.8. The third-order valence-corrected chi connectivity index (χ3v) is 4.22. The second-order valence-corrected chi connectivity index (χ2v) is 5.84. The van der Waals surface area contributed by atoms with Crippen LogP contribution in [0.15, 0.2) is 53.7 Å². The van der Waals surface area contributed by atoms with Crippen molar-refractivity contribution in [3.8, 4) is 5.75 Å². The molecule has 1 saturated carbocycles. The minimum atomic E-state index is -0.587. The van der Waals surface area contributed by atoms with Gasteiger partial charge in [0.15, 0.2) is 0 Å². The Balaban J connectivity index is 1.58. The fraction of sp³-hybridized carbons (Fsp3) is 0.263. The smallest absolute Gasteiger partial charge is 0.365 e. The molecule has 0 heterocycles. The molecule has 124 valence electrons. The Hall–Kier alpha value is -2.69. The molecule has 0 bridgehead atoms. The van der Waals surface area contributed by atoms with Crippen molar-refractivity contribution in [2.24, 2.45) is 11.1 Å². The fourth-order valence-electron chi connectivity index (χ4n) is 2.70. The van der Waals surface area contributed by atoms with Crippen molar-refractivity contribution in [1.82, 2.24) is 0 Å². The molecule has 4 nitrogen and oxygen atoms in total. The Morgan fingerprint density at radius 1 is 1.12 bits per heavy atom. The van der Waals surface area contributed by atoms with Gasteiger partial charge in [0.1, 0.15) is 11.6 Å². The van der Waals surface area contributed by atoms with Gasteiger partial charge in [0, 0.05) is 5.92 Å². The van der Waals surface area contributed by atoms with Gasteiger partial charge in [-0.2, -0.15) is 0 Å². The van der Waals surface area contributed by atoms with Gasteiger partial charge >= 0.3 is 5.97 Å². The van der Waals surface area contributed by atoms with Crippen LogP contribution in [0.1, 0.15) is 35.2 Å². The SMILES string of the molecule is COc1ccc([C@H]2C[C@H]2C(C)=NOC(=O)c2ccc(F)cc2)cc1. The van der Waals surface area contributed by atoms with Crippen LogP contribution in [0.2, 0.25) is 0 Å². The second kappa shape index (κ2) is 6.83. The lowest BCUT2D eigenvalue weighted by molar-refractivity contribution is 0.0514. The van der Waals surface area contributed by atoms with Crippen LogP contribution in [-0.4, -0.2) is 18.8 Å². The summed E-state index contributed by atoms with van der Waals surface area (Å²) in [4.78, 5) is 16.8. The first-order valence-electron chi connectivity index (χ1n) is 7.74. The van der Waals surface area contributed by atoms with Crippen LogP contribution in [0.4, 0.5) is 4.39 Å². The van der Waals surface area contributed by atoms with E-state index >= 15 is 0 Å². The Kier molecular flexibility index (Phi) is 4.60. The molecule has 2 atom stereocenters. The lowest BCUT2D eigenvalue weighted by atomic mass is 10.1. The van der Waals surface area contributed by atoms with Crippen LogP contribution in [-0.2, 0) is 4.84 Å². The summed E-state index contributed by atoms with van der Waals surface area (Å²) in [5.41, 5.74) is 2.28. The second-order valence-electron chi connectivity index (χ2n) is 5.84. The number of hydrogen-bond donors (Lipinski definition) is 0. The van der Waals surface area contributed by atoms with Crippen LogP contribution < -0.4 is 4.74 Å². The van der Waals surface area contributed by atoms with E-state index < -0.39 is 11.8 Å². The van der Waals surface area contributed by atoms with Crippen molar-refractivity contribution in [2.45, 2.75) is 19.3 Å². The number of nitrogens with zero attached hydrogens (tertiary/aromatic N) is 1. The zero-order valence-corrected chi connectivity index (χ0v) is 13.5. The Morgan fingerprint density at radius 3 is 2.42 bits per heavy atom. The first-order chi connectivity index (χ1) is 11.6. The lowest BCUT2D eigenvalue weighted by Crippen LogP contribution is -2.05. The van der Waals surface area contributed by atoms with E-state index in [-0.39, 0.29) is 11.5 Å². The fourth-order valence-corrected chi connectivity index (χ4v) is 2.70. The quantitative estimate of drug-likeness (QED) is 0.470. The lowest BCUT2D eigenvalue weighted by Gasteiger charge is -2.03. The van der Waals surface area contributed by atoms with Crippen LogP contribution in [0.25, 0.3) is 0 Å². The Labute approximate surface area is 139 Å². The van der Waals surface area contributed by atoms with E-state index in [9.17, 15) is 9.18 Å². The maximum Gasteiger partial charge on any atom is 0.365 e. The number of methoxy groups -OCH3 is 1. The van der Waals surface area contributed by atoms with Gasteiger partial charge in [0.2, 0.25) is 0 Å². The normalized spacial score (nSPS) is 19.7. The van der Waals surface area contributed by atoms with Gasteiger partial charge in [-0.25, -0.2) is 9.18 Å². The average Bonchev–Trinajstić information content (AvgIpc) is 3.41. The van der Waals surface area contributed by atoms with E-state index in [1.807, 2.05) is 31.2 Å². The van der Waals surface area contributed by atoms with E-state index in [0.29, 0.717) is 5.92 Å². The third-order valence-electron chi connectivity index (χ3n) is 4.22. The number of hydrogen-bond acceptors (Lipinski definition) is 4. The molecule has 2 aromatic carbocycles. The molecule has 0 aliphatic heterocycles. The molecular formula is C19H18FNO3. The molecule has 1 aliphatic rings. The number of oxime groups is 1. The molecule has 0 spiro atoms. The van der Waals surface area contributed by atoms with Crippen molar-refractivity contribution in [3.05, 3.63) is 65.5 Å². The molecule has 1 fully saturated rings. The number of benzene rings is 2. The Bertz CT molecular complexity index is 753. The molecule has 0 amide bonds. The maximum atomic E-state index is 12.8. The summed E-state index contributed by atoms with van der Waals surface area (Å²) in [6.45, 7) is 1.85. The van der Waals surface area contributed by atoms with E-state index in [0.717, 1.165) is 17.9 Å².